The van der Waals surface area contributed by atoms with Crippen LogP contribution in [-0.4, -0.2) is 77.6 Å². The number of likely N-dealkylation sites (N-methyl/N-ethyl adjacent to an activating group) is 1. The van der Waals surface area contributed by atoms with Crippen molar-refractivity contribution in [1.82, 2.24) is 4.90 Å². The van der Waals surface area contributed by atoms with Gasteiger partial charge in [-0.2, -0.15) is 0 Å². The highest BCUT2D eigenvalue weighted by molar-refractivity contribution is 6.60. The molecule has 0 aliphatic rings. The molecule has 0 aromatic heterocycles. The molecule has 144 valence electrons. The molecule has 24 heavy (non-hydrogen) atoms. The lowest BCUT2D eigenvalue weighted by Crippen LogP contribution is -2.46. The molecule has 0 aliphatic carbocycles. The zero-order chi connectivity index (χ0) is 18.3. The van der Waals surface area contributed by atoms with Crippen LogP contribution in [0.15, 0.2) is 12.7 Å². The molecule has 0 saturated carbocycles. The van der Waals surface area contributed by atoms with E-state index in [0.717, 1.165) is 25.6 Å². The zero-order valence-electron chi connectivity index (χ0n) is 16.0. The van der Waals surface area contributed by atoms with Crippen LogP contribution in [0.2, 0.25) is 6.04 Å². The number of ether oxygens (including phenoxy) is 1. The number of rotatable bonds is 17. The smallest absolute Gasteiger partial charge is 0.389 e. The van der Waals surface area contributed by atoms with Crippen LogP contribution in [0.5, 0.6) is 0 Å². The van der Waals surface area contributed by atoms with E-state index in [2.05, 4.69) is 18.4 Å². The fourth-order valence-corrected chi connectivity index (χ4v) is 5.06. The molecule has 0 aromatic carbocycles. The topological polar surface area (TPSA) is 60.4 Å². The van der Waals surface area contributed by atoms with Gasteiger partial charge in [0.1, 0.15) is 0 Å². The maximum atomic E-state index is 10.0. The van der Waals surface area contributed by atoms with E-state index in [4.69, 9.17) is 18.0 Å². The SMILES string of the molecule is C=CCN(CC)CC(O)COCCC[Si](OCC)(OCC)OCC. The van der Waals surface area contributed by atoms with Crippen molar-refractivity contribution >= 4 is 8.80 Å². The summed E-state index contributed by atoms with van der Waals surface area (Å²) in [6, 6.07) is 0.732. The summed E-state index contributed by atoms with van der Waals surface area (Å²) in [6.45, 7) is 16.6. The van der Waals surface area contributed by atoms with E-state index in [-0.39, 0.29) is 0 Å². The number of aliphatic hydroxyl groups is 1. The zero-order valence-corrected chi connectivity index (χ0v) is 17.0. The van der Waals surface area contributed by atoms with Gasteiger partial charge in [-0.15, -0.1) is 6.58 Å². The summed E-state index contributed by atoms with van der Waals surface area (Å²) in [7, 11) is -2.58. The van der Waals surface area contributed by atoms with Crippen LogP contribution in [0.3, 0.4) is 0 Å². The number of nitrogens with zero attached hydrogens (tertiary/aromatic N) is 1. The van der Waals surface area contributed by atoms with Crippen LogP contribution in [0.4, 0.5) is 0 Å². The predicted octanol–water partition coefficient (Wildman–Crippen LogP) is 2.31. The Morgan fingerprint density at radius 1 is 1.08 bits per heavy atom. The molecule has 1 N–H and O–H groups in total. The highest BCUT2D eigenvalue weighted by atomic mass is 28.4. The Bertz CT molecular complexity index is 290. The van der Waals surface area contributed by atoms with Crippen LogP contribution in [0.1, 0.15) is 34.1 Å². The fraction of sp³-hybridized carbons (Fsp3) is 0.882. The van der Waals surface area contributed by atoms with Crippen molar-refractivity contribution in [1.29, 1.82) is 0 Å². The lowest BCUT2D eigenvalue weighted by molar-refractivity contribution is 0.0170. The van der Waals surface area contributed by atoms with Gasteiger partial charge in [-0.25, -0.2) is 0 Å². The Morgan fingerprint density at radius 2 is 1.67 bits per heavy atom. The Morgan fingerprint density at radius 3 is 2.12 bits per heavy atom. The first-order valence-electron chi connectivity index (χ1n) is 9.08. The van der Waals surface area contributed by atoms with Crippen molar-refractivity contribution in [2.75, 3.05) is 52.7 Å². The van der Waals surface area contributed by atoms with E-state index in [1.807, 2.05) is 26.8 Å². The summed E-state index contributed by atoms with van der Waals surface area (Å²) in [4.78, 5) is 2.12. The van der Waals surface area contributed by atoms with E-state index < -0.39 is 14.9 Å². The Kier molecular flexibility index (Phi) is 14.8. The van der Waals surface area contributed by atoms with E-state index in [0.29, 0.717) is 39.6 Å². The first-order valence-corrected chi connectivity index (χ1v) is 11.0. The van der Waals surface area contributed by atoms with E-state index >= 15 is 0 Å². The molecule has 0 aromatic rings. The van der Waals surface area contributed by atoms with Crippen LogP contribution in [0.25, 0.3) is 0 Å². The number of hydrogen-bond donors (Lipinski definition) is 1. The minimum atomic E-state index is -2.58. The number of aliphatic hydroxyl groups excluding tert-OH is 1. The summed E-state index contributed by atoms with van der Waals surface area (Å²) in [6.07, 6.45) is 2.15. The van der Waals surface area contributed by atoms with Gasteiger partial charge in [-0.1, -0.05) is 13.0 Å². The Hall–Kier alpha value is -0.283. The average molecular weight is 364 g/mol. The molecule has 7 heteroatoms. The van der Waals surface area contributed by atoms with Gasteiger partial charge in [-0.05, 0) is 33.7 Å². The molecule has 0 heterocycles. The van der Waals surface area contributed by atoms with Crippen LogP contribution in [-0.2, 0) is 18.0 Å². The highest BCUT2D eigenvalue weighted by Crippen LogP contribution is 2.18. The van der Waals surface area contributed by atoms with Crippen molar-refractivity contribution in [3.05, 3.63) is 12.7 Å². The minimum absolute atomic E-state index is 0.333. The molecule has 6 nitrogen and oxygen atoms in total. The van der Waals surface area contributed by atoms with Crippen molar-refractivity contribution in [3.63, 3.8) is 0 Å². The van der Waals surface area contributed by atoms with Gasteiger partial charge in [-0.3, -0.25) is 4.90 Å². The third-order valence-corrected chi connectivity index (χ3v) is 6.63. The van der Waals surface area contributed by atoms with Gasteiger partial charge in [0.05, 0.1) is 12.7 Å². The summed E-state index contributed by atoms with van der Waals surface area (Å²) in [5.74, 6) is 0. The molecule has 0 radical (unpaired) electrons. The molecule has 0 fully saturated rings. The van der Waals surface area contributed by atoms with Gasteiger partial charge in [0.25, 0.3) is 0 Å². The minimum Gasteiger partial charge on any atom is -0.389 e. The molecular formula is C17H37NO5Si. The van der Waals surface area contributed by atoms with E-state index in [1.54, 1.807) is 0 Å². The third-order valence-electron chi connectivity index (χ3n) is 3.48. The second-order valence-corrected chi connectivity index (χ2v) is 8.19. The van der Waals surface area contributed by atoms with Crippen LogP contribution < -0.4 is 0 Å². The standard InChI is InChI=1S/C17H37NO5Si/c1-6-12-18(7-2)15-17(19)16-20-13-11-14-24(21-8-3,22-9-4)23-10-5/h6,17,19H,1,7-16H2,2-5H3. The normalized spacial score (nSPS) is 13.4. The molecular weight excluding hydrogens is 326 g/mol. The molecule has 0 rings (SSSR count). The maximum absolute atomic E-state index is 10.0. The second-order valence-electron chi connectivity index (χ2n) is 5.46. The van der Waals surface area contributed by atoms with Gasteiger partial charge in [0.15, 0.2) is 0 Å². The van der Waals surface area contributed by atoms with Gasteiger partial charge in [0.2, 0.25) is 0 Å². The summed E-state index contributed by atoms with van der Waals surface area (Å²) in [5, 5.41) is 10.0. The van der Waals surface area contributed by atoms with Gasteiger partial charge in [0, 0.05) is 45.6 Å². The van der Waals surface area contributed by atoms with Crippen molar-refractivity contribution in [2.45, 2.75) is 46.3 Å². The van der Waals surface area contributed by atoms with Crippen molar-refractivity contribution in [2.24, 2.45) is 0 Å². The lowest BCUT2D eigenvalue weighted by atomic mass is 10.3. The van der Waals surface area contributed by atoms with Gasteiger partial charge < -0.3 is 23.1 Å². The summed E-state index contributed by atoms with van der Waals surface area (Å²) in [5.41, 5.74) is 0. The molecule has 0 bridgehead atoms. The maximum Gasteiger partial charge on any atom is 0.501 e. The monoisotopic (exact) mass is 363 g/mol. The molecule has 0 saturated heterocycles. The Balaban J connectivity index is 4.08. The second kappa shape index (κ2) is 15.0. The average Bonchev–Trinajstić information content (AvgIpc) is 2.55. The molecule has 1 atom stereocenters. The van der Waals surface area contributed by atoms with Crippen LogP contribution >= 0.6 is 0 Å². The van der Waals surface area contributed by atoms with Crippen molar-refractivity contribution in [3.8, 4) is 0 Å². The van der Waals surface area contributed by atoms with E-state index in [1.165, 1.54) is 0 Å². The summed E-state index contributed by atoms with van der Waals surface area (Å²) >= 11 is 0. The lowest BCUT2D eigenvalue weighted by Gasteiger charge is -2.28. The first kappa shape index (κ1) is 23.7. The molecule has 1 unspecified atom stereocenters. The van der Waals surface area contributed by atoms with Gasteiger partial charge >= 0.3 is 8.80 Å². The molecule has 0 aliphatic heterocycles. The first-order chi connectivity index (χ1) is 11.6. The third kappa shape index (κ3) is 10.6. The molecule has 0 spiro atoms. The largest absolute Gasteiger partial charge is 0.501 e. The Labute approximate surface area is 149 Å². The van der Waals surface area contributed by atoms with E-state index in [9.17, 15) is 5.11 Å². The molecule has 0 amide bonds. The quantitative estimate of drug-likeness (QED) is 0.243. The summed E-state index contributed by atoms with van der Waals surface area (Å²) < 4.78 is 23.0. The van der Waals surface area contributed by atoms with Crippen LogP contribution in [0, 0.1) is 0 Å². The number of hydrogen-bond acceptors (Lipinski definition) is 6. The highest BCUT2D eigenvalue weighted by Gasteiger charge is 2.39. The van der Waals surface area contributed by atoms with Crippen molar-refractivity contribution < 1.29 is 23.1 Å². The predicted molar refractivity (Wildman–Crippen MR) is 99.2 cm³/mol. The fourth-order valence-electron chi connectivity index (χ4n) is 2.48.